The molecule has 57 heavy (non-hydrogen) atoms. The Bertz CT molecular complexity index is 3190. The van der Waals surface area contributed by atoms with E-state index in [0.29, 0.717) is 0 Å². The summed E-state index contributed by atoms with van der Waals surface area (Å²) in [6.45, 7) is 0. The highest BCUT2D eigenvalue weighted by molar-refractivity contribution is 6.11. The van der Waals surface area contributed by atoms with Gasteiger partial charge in [0.25, 0.3) is 0 Å². The summed E-state index contributed by atoms with van der Waals surface area (Å²) >= 11 is 0. The van der Waals surface area contributed by atoms with Crippen molar-refractivity contribution in [3.05, 3.63) is 218 Å². The van der Waals surface area contributed by atoms with Crippen molar-refractivity contribution in [2.45, 2.75) is 0 Å². The molecule has 11 rings (SSSR count). The summed E-state index contributed by atoms with van der Waals surface area (Å²) in [5.74, 6) is 0. The molecule has 0 N–H and O–H groups in total. The molecule has 11 aromatic rings. The summed E-state index contributed by atoms with van der Waals surface area (Å²) in [5.41, 5.74) is 15.3. The maximum atomic E-state index is 6.62. The summed E-state index contributed by atoms with van der Waals surface area (Å²) in [5, 5.41) is 4.74. The highest BCUT2D eigenvalue weighted by atomic mass is 16.3. The zero-order chi connectivity index (χ0) is 37.7. The standard InChI is InChI=1S/C54H36N2O/c1-2-17-37(18-3-1)40-19-4-10-27-48(40)55(50-29-12-8-23-44(50)46-25-16-26-47-45-24-9-15-32-53(45)57-54(46)47)39-35-33-38(34-36-39)41-20-5-11-28-49(41)56-51-30-13-6-21-42(51)43-22-7-14-31-52(43)56/h1-36H. The van der Waals surface area contributed by atoms with Crippen LogP contribution in [0.5, 0.6) is 0 Å². The summed E-state index contributed by atoms with van der Waals surface area (Å²) in [7, 11) is 0. The molecule has 0 spiro atoms. The molecule has 0 saturated carbocycles. The third kappa shape index (κ3) is 5.43. The summed E-state index contributed by atoms with van der Waals surface area (Å²) in [6, 6.07) is 78.0. The SMILES string of the molecule is c1ccc(-c2ccccc2N(c2ccc(-c3ccccc3-n3c4ccccc4c4ccccc43)cc2)c2ccccc2-c2cccc3c2oc2ccccc23)cc1. The van der Waals surface area contributed by atoms with Crippen molar-refractivity contribution in [2.75, 3.05) is 4.90 Å². The molecule has 2 aromatic heterocycles. The number of hydrogen-bond acceptors (Lipinski definition) is 2. The van der Waals surface area contributed by atoms with Gasteiger partial charge in [0.05, 0.1) is 28.1 Å². The van der Waals surface area contributed by atoms with Crippen molar-refractivity contribution in [2.24, 2.45) is 0 Å². The van der Waals surface area contributed by atoms with Gasteiger partial charge in [0, 0.05) is 49.5 Å². The van der Waals surface area contributed by atoms with E-state index in [4.69, 9.17) is 4.42 Å². The monoisotopic (exact) mass is 728 g/mol. The first-order valence-corrected chi connectivity index (χ1v) is 19.4. The fourth-order valence-electron chi connectivity index (χ4n) is 8.68. The molecule has 3 heteroatoms. The summed E-state index contributed by atoms with van der Waals surface area (Å²) in [6.07, 6.45) is 0. The van der Waals surface area contributed by atoms with Crippen molar-refractivity contribution in [3.8, 4) is 39.1 Å². The smallest absolute Gasteiger partial charge is 0.143 e. The molecule has 2 heterocycles. The van der Waals surface area contributed by atoms with Crippen molar-refractivity contribution < 1.29 is 4.42 Å². The lowest BCUT2D eigenvalue weighted by atomic mass is 9.97. The van der Waals surface area contributed by atoms with Gasteiger partial charge in [-0.25, -0.2) is 0 Å². The molecule has 0 atom stereocenters. The van der Waals surface area contributed by atoms with Crippen LogP contribution < -0.4 is 4.90 Å². The van der Waals surface area contributed by atoms with Crippen LogP contribution in [0.25, 0.3) is 82.8 Å². The highest BCUT2D eigenvalue weighted by Gasteiger charge is 2.23. The van der Waals surface area contributed by atoms with E-state index in [1.54, 1.807) is 0 Å². The number of fused-ring (bicyclic) bond motifs is 6. The number of para-hydroxylation sites is 7. The molecule has 268 valence electrons. The molecule has 0 aliphatic rings. The Morgan fingerprint density at radius 2 is 0.842 bits per heavy atom. The number of nitrogens with zero attached hydrogens (tertiary/aromatic N) is 2. The molecular weight excluding hydrogens is 693 g/mol. The van der Waals surface area contributed by atoms with Crippen LogP contribution in [0, 0.1) is 0 Å². The minimum absolute atomic E-state index is 0.888. The van der Waals surface area contributed by atoms with Gasteiger partial charge in [-0.1, -0.05) is 170 Å². The van der Waals surface area contributed by atoms with Crippen LogP contribution in [-0.4, -0.2) is 4.57 Å². The predicted octanol–water partition coefficient (Wildman–Crippen LogP) is 15.2. The molecule has 3 nitrogen and oxygen atoms in total. The molecule has 9 aromatic carbocycles. The molecule has 0 aliphatic heterocycles. The van der Waals surface area contributed by atoms with Gasteiger partial charge in [0.1, 0.15) is 11.2 Å². The normalized spacial score (nSPS) is 11.5. The number of hydrogen-bond donors (Lipinski definition) is 0. The van der Waals surface area contributed by atoms with Gasteiger partial charge in [-0.05, 0) is 59.7 Å². The Morgan fingerprint density at radius 1 is 0.333 bits per heavy atom. The van der Waals surface area contributed by atoms with Crippen LogP contribution in [0.1, 0.15) is 0 Å². The summed E-state index contributed by atoms with van der Waals surface area (Å²) < 4.78 is 9.02. The number of aromatic nitrogens is 1. The molecule has 0 radical (unpaired) electrons. The van der Waals surface area contributed by atoms with Gasteiger partial charge < -0.3 is 13.9 Å². The highest BCUT2D eigenvalue weighted by Crippen LogP contribution is 2.47. The van der Waals surface area contributed by atoms with Crippen molar-refractivity contribution in [3.63, 3.8) is 0 Å². The average Bonchev–Trinajstić information content (AvgIpc) is 3.84. The molecule has 0 bridgehead atoms. The Balaban J connectivity index is 1.10. The Morgan fingerprint density at radius 3 is 1.58 bits per heavy atom. The van der Waals surface area contributed by atoms with Crippen LogP contribution in [0.15, 0.2) is 223 Å². The van der Waals surface area contributed by atoms with E-state index in [1.165, 1.54) is 27.4 Å². The molecule has 0 amide bonds. The van der Waals surface area contributed by atoms with Crippen LogP contribution >= 0.6 is 0 Å². The first-order valence-electron chi connectivity index (χ1n) is 19.4. The van der Waals surface area contributed by atoms with Crippen molar-refractivity contribution in [1.29, 1.82) is 0 Å². The van der Waals surface area contributed by atoms with Crippen LogP contribution in [0.3, 0.4) is 0 Å². The number of rotatable bonds is 7. The van der Waals surface area contributed by atoms with E-state index < -0.39 is 0 Å². The van der Waals surface area contributed by atoms with Gasteiger partial charge in [-0.2, -0.15) is 0 Å². The second-order valence-corrected chi connectivity index (χ2v) is 14.4. The zero-order valence-electron chi connectivity index (χ0n) is 31.1. The van der Waals surface area contributed by atoms with E-state index in [0.717, 1.165) is 72.5 Å². The third-order valence-corrected chi connectivity index (χ3v) is 11.2. The van der Waals surface area contributed by atoms with Crippen LogP contribution in [0.2, 0.25) is 0 Å². The summed E-state index contributed by atoms with van der Waals surface area (Å²) in [4.78, 5) is 2.40. The molecule has 0 fully saturated rings. The second kappa shape index (κ2) is 13.6. The minimum atomic E-state index is 0.888. The average molecular weight is 729 g/mol. The van der Waals surface area contributed by atoms with Gasteiger partial charge in [-0.3, -0.25) is 0 Å². The quantitative estimate of drug-likeness (QED) is 0.163. The largest absolute Gasteiger partial charge is 0.455 e. The second-order valence-electron chi connectivity index (χ2n) is 14.4. The lowest BCUT2D eigenvalue weighted by molar-refractivity contribution is 0.670. The zero-order valence-corrected chi connectivity index (χ0v) is 31.1. The fraction of sp³-hybridized carbons (Fsp3) is 0. The molecule has 0 unspecified atom stereocenters. The maximum absolute atomic E-state index is 6.62. The topological polar surface area (TPSA) is 21.3 Å². The Hall–Kier alpha value is -7.62. The van der Waals surface area contributed by atoms with Gasteiger partial charge in [-0.15, -0.1) is 0 Å². The van der Waals surface area contributed by atoms with Gasteiger partial charge in [0.15, 0.2) is 0 Å². The van der Waals surface area contributed by atoms with E-state index in [2.05, 4.69) is 216 Å². The van der Waals surface area contributed by atoms with Gasteiger partial charge >= 0.3 is 0 Å². The first-order chi connectivity index (χ1) is 28.3. The molecule has 0 aliphatic carbocycles. The third-order valence-electron chi connectivity index (χ3n) is 11.2. The lowest BCUT2D eigenvalue weighted by Crippen LogP contribution is -2.12. The minimum Gasteiger partial charge on any atom is -0.455 e. The Labute approximate surface area is 330 Å². The van der Waals surface area contributed by atoms with Crippen molar-refractivity contribution in [1.82, 2.24) is 4.57 Å². The van der Waals surface area contributed by atoms with Crippen LogP contribution in [0.4, 0.5) is 17.1 Å². The predicted molar refractivity (Wildman–Crippen MR) is 239 cm³/mol. The van der Waals surface area contributed by atoms with Crippen LogP contribution in [-0.2, 0) is 0 Å². The number of benzene rings is 9. The Kier molecular flexibility index (Phi) is 7.82. The van der Waals surface area contributed by atoms with Gasteiger partial charge in [0.2, 0.25) is 0 Å². The van der Waals surface area contributed by atoms with E-state index in [-0.39, 0.29) is 0 Å². The lowest BCUT2D eigenvalue weighted by Gasteiger charge is -2.30. The molecular formula is C54H36N2O. The number of anilines is 3. The fourth-order valence-corrected chi connectivity index (χ4v) is 8.68. The molecule has 0 saturated heterocycles. The first kappa shape index (κ1) is 32.8. The maximum Gasteiger partial charge on any atom is 0.143 e. The van der Waals surface area contributed by atoms with Crippen molar-refractivity contribution >= 4 is 60.8 Å². The van der Waals surface area contributed by atoms with E-state index in [9.17, 15) is 0 Å². The van der Waals surface area contributed by atoms with E-state index >= 15 is 0 Å². The van der Waals surface area contributed by atoms with E-state index in [1.807, 2.05) is 12.1 Å². The number of furan rings is 1.